The van der Waals surface area contributed by atoms with Crippen LogP contribution >= 0.6 is 0 Å². The molecule has 1 aromatic rings. The summed E-state index contributed by atoms with van der Waals surface area (Å²) in [7, 11) is 0. The maximum Gasteiger partial charge on any atom is 0.329 e. The Bertz CT molecular complexity index is 428. The molecule has 0 aliphatic rings. The van der Waals surface area contributed by atoms with Gasteiger partial charge in [-0.3, -0.25) is 10.1 Å². The van der Waals surface area contributed by atoms with E-state index < -0.39 is 31.1 Å². The molecule has 0 aliphatic carbocycles. The number of carbonyl (C=O) groups excluding carboxylic acids is 2. The Kier molecular flexibility index (Phi) is 6.10. The number of rotatable bonds is 7. The zero-order chi connectivity index (χ0) is 14.1. The third-order valence-electron chi connectivity index (χ3n) is 1.95. The number of urea groups is 1. The van der Waals surface area contributed by atoms with Crippen LogP contribution in [0.25, 0.3) is 0 Å². The number of carbonyl (C=O) groups is 3. The van der Waals surface area contributed by atoms with E-state index in [2.05, 4.69) is 10.1 Å². The summed E-state index contributed by atoms with van der Waals surface area (Å²) in [6.45, 7) is -0.770. The lowest BCUT2D eigenvalue weighted by Gasteiger charge is -2.05. The van der Waals surface area contributed by atoms with Crippen molar-refractivity contribution in [2.75, 3.05) is 19.8 Å². The van der Waals surface area contributed by atoms with Crippen LogP contribution in [0.4, 0.5) is 4.79 Å². The quantitative estimate of drug-likeness (QED) is 0.628. The number of carboxylic acid groups (broad SMARTS) is 1. The van der Waals surface area contributed by atoms with Crippen LogP contribution < -0.4 is 10.6 Å². The molecule has 0 saturated carbocycles. The Labute approximate surface area is 108 Å². The van der Waals surface area contributed by atoms with Crippen LogP contribution in [0.2, 0.25) is 0 Å². The SMILES string of the molecule is O=C(O)COCC(=O)NC(=O)NCCc1ccco1. The van der Waals surface area contributed by atoms with E-state index in [1.807, 2.05) is 5.32 Å². The van der Waals surface area contributed by atoms with Gasteiger partial charge < -0.3 is 19.6 Å². The van der Waals surface area contributed by atoms with Gasteiger partial charge in [0.25, 0.3) is 5.91 Å². The molecule has 19 heavy (non-hydrogen) atoms. The largest absolute Gasteiger partial charge is 0.480 e. The second-order valence-electron chi connectivity index (χ2n) is 3.52. The van der Waals surface area contributed by atoms with Crippen molar-refractivity contribution in [3.63, 3.8) is 0 Å². The molecule has 1 aromatic heterocycles. The summed E-state index contributed by atoms with van der Waals surface area (Å²) in [5.41, 5.74) is 0. The van der Waals surface area contributed by atoms with Gasteiger partial charge in [-0.25, -0.2) is 9.59 Å². The molecular weight excluding hydrogens is 256 g/mol. The molecular formula is C11H14N2O6. The third-order valence-corrected chi connectivity index (χ3v) is 1.95. The molecule has 0 aliphatic heterocycles. The summed E-state index contributed by atoms with van der Waals surface area (Å²) in [6.07, 6.45) is 2.03. The van der Waals surface area contributed by atoms with Gasteiger partial charge in [0.2, 0.25) is 0 Å². The molecule has 3 N–H and O–H groups in total. The van der Waals surface area contributed by atoms with Crippen LogP contribution in [0.15, 0.2) is 22.8 Å². The van der Waals surface area contributed by atoms with Crippen LogP contribution in [0.5, 0.6) is 0 Å². The Morgan fingerprint density at radius 1 is 1.32 bits per heavy atom. The molecule has 1 rings (SSSR count). The van der Waals surface area contributed by atoms with E-state index in [-0.39, 0.29) is 0 Å². The molecule has 0 radical (unpaired) electrons. The van der Waals surface area contributed by atoms with Crippen molar-refractivity contribution < 1.29 is 28.6 Å². The molecule has 0 bridgehead atoms. The number of imide groups is 1. The summed E-state index contributed by atoms with van der Waals surface area (Å²) >= 11 is 0. The van der Waals surface area contributed by atoms with Crippen molar-refractivity contribution in [2.24, 2.45) is 0 Å². The Morgan fingerprint density at radius 3 is 2.74 bits per heavy atom. The number of amides is 3. The Balaban J connectivity index is 2.09. The van der Waals surface area contributed by atoms with Crippen molar-refractivity contribution in [1.29, 1.82) is 0 Å². The van der Waals surface area contributed by atoms with Gasteiger partial charge in [-0.2, -0.15) is 0 Å². The van der Waals surface area contributed by atoms with Crippen LogP contribution in [0.1, 0.15) is 5.76 Å². The smallest absolute Gasteiger partial charge is 0.329 e. The first-order chi connectivity index (χ1) is 9.08. The van der Waals surface area contributed by atoms with E-state index in [0.29, 0.717) is 13.0 Å². The second kappa shape index (κ2) is 7.88. The zero-order valence-corrected chi connectivity index (χ0v) is 10.0. The lowest BCUT2D eigenvalue weighted by Crippen LogP contribution is -2.42. The maximum absolute atomic E-state index is 11.2. The number of aliphatic carboxylic acids is 1. The summed E-state index contributed by atoms with van der Waals surface area (Å²) < 4.78 is 9.57. The standard InChI is InChI=1S/C11H14N2O6/c14-9(6-18-7-10(15)16)13-11(17)12-4-3-8-2-1-5-19-8/h1-2,5H,3-4,6-7H2,(H,15,16)(H2,12,13,14,17). The predicted molar refractivity (Wildman–Crippen MR) is 62.4 cm³/mol. The lowest BCUT2D eigenvalue weighted by molar-refractivity contribution is -0.143. The van der Waals surface area contributed by atoms with Gasteiger partial charge in [-0.15, -0.1) is 0 Å². The van der Waals surface area contributed by atoms with E-state index in [4.69, 9.17) is 9.52 Å². The molecule has 1 heterocycles. The van der Waals surface area contributed by atoms with Gasteiger partial charge in [0.1, 0.15) is 19.0 Å². The average molecular weight is 270 g/mol. The summed E-state index contributed by atoms with van der Waals surface area (Å²) in [4.78, 5) is 32.5. The molecule has 0 aromatic carbocycles. The molecule has 0 unspecified atom stereocenters. The summed E-state index contributed by atoms with van der Waals surface area (Å²) in [5, 5.41) is 12.7. The van der Waals surface area contributed by atoms with Gasteiger partial charge >= 0.3 is 12.0 Å². The van der Waals surface area contributed by atoms with Crippen molar-refractivity contribution in [2.45, 2.75) is 6.42 Å². The monoisotopic (exact) mass is 270 g/mol. The number of hydrogen-bond donors (Lipinski definition) is 3. The van der Waals surface area contributed by atoms with E-state index in [0.717, 1.165) is 5.76 Å². The van der Waals surface area contributed by atoms with Crippen molar-refractivity contribution >= 4 is 17.9 Å². The molecule has 3 amide bonds. The number of hydrogen-bond acceptors (Lipinski definition) is 5. The zero-order valence-electron chi connectivity index (χ0n) is 10.0. The van der Waals surface area contributed by atoms with Gasteiger partial charge in [0.05, 0.1) is 6.26 Å². The second-order valence-corrected chi connectivity index (χ2v) is 3.52. The number of ether oxygens (including phenoxy) is 1. The van der Waals surface area contributed by atoms with Gasteiger partial charge in [-0.1, -0.05) is 0 Å². The van der Waals surface area contributed by atoms with Crippen LogP contribution in [0.3, 0.4) is 0 Å². The van der Waals surface area contributed by atoms with Crippen molar-refractivity contribution in [3.8, 4) is 0 Å². The van der Waals surface area contributed by atoms with E-state index in [1.165, 1.54) is 6.26 Å². The Hall–Kier alpha value is -2.35. The first kappa shape index (κ1) is 14.7. The highest BCUT2D eigenvalue weighted by Gasteiger charge is 2.08. The minimum Gasteiger partial charge on any atom is -0.480 e. The van der Waals surface area contributed by atoms with E-state index in [9.17, 15) is 14.4 Å². The normalized spacial score (nSPS) is 9.89. The number of nitrogens with one attached hydrogen (secondary N) is 2. The fraction of sp³-hybridized carbons (Fsp3) is 0.364. The Morgan fingerprint density at radius 2 is 2.11 bits per heavy atom. The van der Waals surface area contributed by atoms with Crippen LogP contribution in [-0.2, 0) is 20.7 Å². The summed E-state index contributed by atoms with van der Waals surface area (Å²) in [5.74, 6) is -1.18. The molecule has 104 valence electrons. The molecule has 0 fully saturated rings. The first-order valence-corrected chi connectivity index (χ1v) is 5.47. The fourth-order valence-electron chi connectivity index (χ4n) is 1.19. The van der Waals surface area contributed by atoms with Gasteiger partial charge in [-0.05, 0) is 12.1 Å². The van der Waals surface area contributed by atoms with Crippen LogP contribution in [0, 0.1) is 0 Å². The van der Waals surface area contributed by atoms with Crippen molar-refractivity contribution in [1.82, 2.24) is 10.6 Å². The highest BCUT2D eigenvalue weighted by molar-refractivity contribution is 5.94. The lowest BCUT2D eigenvalue weighted by atomic mass is 10.3. The predicted octanol–water partition coefficient (Wildman–Crippen LogP) is -0.251. The van der Waals surface area contributed by atoms with E-state index in [1.54, 1.807) is 12.1 Å². The topological polar surface area (TPSA) is 118 Å². The molecule has 8 heteroatoms. The molecule has 0 saturated heterocycles. The van der Waals surface area contributed by atoms with Gasteiger partial charge in [0.15, 0.2) is 0 Å². The minimum atomic E-state index is -1.18. The van der Waals surface area contributed by atoms with Crippen LogP contribution in [-0.4, -0.2) is 42.8 Å². The van der Waals surface area contributed by atoms with Gasteiger partial charge in [0, 0.05) is 13.0 Å². The van der Waals surface area contributed by atoms with E-state index >= 15 is 0 Å². The molecule has 8 nitrogen and oxygen atoms in total. The van der Waals surface area contributed by atoms with Crippen molar-refractivity contribution in [3.05, 3.63) is 24.2 Å². The molecule has 0 atom stereocenters. The number of carboxylic acids is 1. The highest BCUT2D eigenvalue weighted by Crippen LogP contribution is 1.99. The highest BCUT2D eigenvalue weighted by atomic mass is 16.5. The average Bonchev–Trinajstić information content (AvgIpc) is 2.81. The fourth-order valence-corrected chi connectivity index (χ4v) is 1.19. The first-order valence-electron chi connectivity index (χ1n) is 5.47. The number of furan rings is 1. The maximum atomic E-state index is 11.2. The minimum absolute atomic E-state index is 0.308. The summed E-state index contributed by atoms with van der Waals surface area (Å²) in [6, 6.07) is 2.83. The molecule has 0 spiro atoms. The third kappa shape index (κ3) is 6.84.